The van der Waals surface area contributed by atoms with Crippen LogP contribution in [0.3, 0.4) is 0 Å². The molecule has 2 aliphatic rings. The zero-order valence-corrected chi connectivity index (χ0v) is 30.2. The number of carbonyl (C=O) groups is 7. The molecule has 0 bridgehead atoms. The molecular weight excluding hydrogens is 684 g/mol. The van der Waals surface area contributed by atoms with Crippen molar-refractivity contribution < 1.29 is 43.8 Å². The molecule has 0 spiro atoms. The summed E-state index contributed by atoms with van der Waals surface area (Å²) in [6, 6.07) is 13.3. The van der Waals surface area contributed by atoms with Gasteiger partial charge in [0.15, 0.2) is 0 Å². The molecule has 2 heterocycles. The Bertz CT molecular complexity index is 1600. The molecule has 15 nitrogen and oxygen atoms in total. The maximum absolute atomic E-state index is 14.2. The highest BCUT2D eigenvalue weighted by atomic mass is 16.4. The van der Waals surface area contributed by atoms with Crippen LogP contribution in [-0.4, -0.2) is 130 Å². The first-order chi connectivity index (χ1) is 25.3. The van der Waals surface area contributed by atoms with Crippen molar-refractivity contribution in [1.82, 2.24) is 30.7 Å². The second-order valence-corrected chi connectivity index (χ2v) is 14.0. The van der Waals surface area contributed by atoms with Gasteiger partial charge in [-0.25, -0.2) is 0 Å². The van der Waals surface area contributed by atoms with Gasteiger partial charge < -0.3 is 36.0 Å². The third-order valence-electron chi connectivity index (χ3n) is 9.34. The normalized spacial score (nSPS) is 17.8. The van der Waals surface area contributed by atoms with Gasteiger partial charge in [0.25, 0.3) is 0 Å². The van der Waals surface area contributed by atoms with Gasteiger partial charge in [-0.1, -0.05) is 74.5 Å². The van der Waals surface area contributed by atoms with E-state index in [9.17, 15) is 38.7 Å². The summed E-state index contributed by atoms with van der Waals surface area (Å²) in [5.74, 6) is -5.17. The zero-order chi connectivity index (χ0) is 38.5. The quantitative estimate of drug-likeness (QED) is 0.154. The number of piperazine rings is 1. The molecule has 4 atom stereocenters. The maximum atomic E-state index is 14.2. The van der Waals surface area contributed by atoms with Crippen LogP contribution in [0, 0.1) is 5.92 Å². The minimum atomic E-state index is -1.58. The van der Waals surface area contributed by atoms with Crippen molar-refractivity contribution in [1.29, 1.82) is 0 Å². The lowest BCUT2D eigenvalue weighted by atomic mass is 10.0. The Hall–Kier alpha value is -5.31. The van der Waals surface area contributed by atoms with Gasteiger partial charge in [0, 0.05) is 39.1 Å². The summed E-state index contributed by atoms with van der Waals surface area (Å²) >= 11 is 0. The van der Waals surface area contributed by atoms with Crippen LogP contribution in [0.2, 0.25) is 0 Å². The summed E-state index contributed by atoms with van der Waals surface area (Å²) in [5.41, 5.74) is 1.45. The van der Waals surface area contributed by atoms with E-state index in [0.717, 1.165) is 5.56 Å². The molecule has 286 valence electrons. The number of aliphatic carboxylic acids is 2. The Labute approximate surface area is 309 Å². The first-order valence-electron chi connectivity index (χ1n) is 18.0. The molecule has 5 amide bonds. The minimum absolute atomic E-state index is 0.0198. The van der Waals surface area contributed by atoms with E-state index in [1.807, 2.05) is 19.9 Å². The van der Waals surface area contributed by atoms with Gasteiger partial charge >= 0.3 is 11.9 Å². The van der Waals surface area contributed by atoms with Crippen LogP contribution in [-0.2, 0) is 46.4 Å². The number of amides is 5. The summed E-state index contributed by atoms with van der Waals surface area (Å²) in [7, 11) is 0. The average Bonchev–Trinajstić information content (AvgIpc) is 3.61. The number of carbonyl (C=O) groups excluding carboxylic acids is 5. The lowest BCUT2D eigenvalue weighted by Gasteiger charge is -2.37. The summed E-state index contributed by atoms with van der Waals surface area (Å²) in [5, 5.41) is 26.8. The van der Waals surface area contributed by atoms with E-state index in [-0.39, 0.29) is 44.2 Å². The van der Waals surface area contributed by atoms with E-state index >= 15 is 0 Å². The van der Waals surface area contributed by atoms with Crippen molar-refractivity contribution in [3.63, 3.8) is 0 Å². The average molecular weight is 735 g/mol. The van der Waals surface area contributed by atoms with E-state index in [2.05, 4.69) is 16.0 Å². The number of hydrogen-bond acceptors (Lipinski definition) is 8. The monoisotopic (exact) mass is 734 g/mol. The Morgan fingerprint density at radius 3 is 1.89 bits per heavy atom. The molecule has 0 saturated carbocycles. The topological polar surface area (TPSA) is 206 Å². The van der Waals surface area contributed by atoms with Gasteiger partial charge in [-0.2, -0.15) is 0 Å². The van der Waals surface area contributed by atoms with Crippen LogP contribution in [0.4, 0.5) is 0 Å². The van der Waals surface area contributed by atoms with Crippen molar-refractivity contribution in [2.75, 3.05) is 39.3 Å². The molecule has 2 saturated heterocycles. The van der Waals surface area contributed by atoms with Crippen LogP contribution in [0.1, 0.15) is 50.7 Å². The SMILES string of the molecule is CC(C)C[C@H](NC(=O)Cc1ccccc1)C(=O)N[C@@H](CC(=O)O)C(=O)N[C@@H](Cc1ccccc1)C(=O)N1CCC[C@H]1C(=O)N1CCN(CC(=O)O)CC1. The molecule has 0 radical (unpaired) electrons. The zero-order valence-electron chi connectivity index (χ0n) is 30.2. The number of benzene rings is 2. The fraction of sp³-hybridized carbons (Fsp3) is 0.500. The Morgan fingerprint density at radius 2 is 1.30 bits per heavy atom. The second-order valence-electron chi connectivity index (χ2n) is 14.0. The number of likely N-dealkylation sites (tertiary alicyclic amines) is 1. The van der Waals surface area contributed by atoms with Crippen LogP contribution >= 0.6 is 0 Å². The lowest BCUT2D eigenvalue weighted by Crippen LogP contribution is -2.60. The highest BCUT2D eigenvalue weighted by Gasteiger charge is 2.41. The van der Waals surface area contributed by atoms with Crippen molar-refractivity contribution in [3.8, 4) is 0 Å². The van der Waals surface area contributed by atoms with Gasteiger partial charge in [-0.3, -0.25) is 38.5 Å². The van der Waals surface area contributed by atoms with Gasteiger partial charge in [0.1, 0.15) is 24.2 Å². The largest absolute Gasteiger partial charge is 0.481 e. The number of nitrogens with one attached hydrogen (secondary N) is 3. The standard InChI is InChI=1S/C38H50N6O9/c1-25(2)20-28(39-32(45)22-27-12-7-4-8-13-27)35(50)40-29(23-33(46)47)36(51)41-30(21-26-10-5-3-6-11-26)37(52)44-15-9-14-31(44)38(53)43-18-16-42(17-19-43)24-34(48)49/h3-8,10-13,25,28-31H,9,14-24H2,1-2H3,(H,39,45)(H,40,50)(H,41,51)(H,46,47)(H,48,49)/t28-,29-,30-,31-/m0/s1. The van der Waals surface area contributed by atoms with Gasteiger partial charge in [0.2, 0.25) is 29.5 Å². The minimum Gasteiger partial charge on any atom is -0.481 e. The Balaban J connectivity index is 1.49. The van der Waals surface area contributed by atoms with Crippen molar-refractivity contribution in [2.45, 2.75) is 76.5 Å². The molecule has 53 heavy (non-hydrogen) atoms. The van der Waals surface area contributed by atoms with Crippen molar-refractivity contribution >= 4 is 41.5 Å². The van der Waals surface area contributed by atoms with E-state index in [0.29, 0.717) is 44.6 Å². The molecule has 0 unspecified atom stereocenters. The Kier molecular flexibility index (Phi) is 14.9. The fourth-order valence-electron chi connectivity index (χ4n) is 6.72. The maximum Gasteiger partial charge on any atom is 0.317 e. The third-order valence-corrected chi connectivity index (χ3v) is 9.34. The molecule has 2 fully saturated rings. The number of hydrogen-bond donors (Lipinski definition) is 5. The van der Waals surface area contributed by atoms with E-state index in [1.165, 1.54) is 4.90 Å². The van der Waals surface area contributed by atoms with Crippen LogP contribution in [0.5, 0.6) is 0 Å². The van der Waals surface area contributed by atoms with Gasteiger partial charge in [-0.05, 0) is 36.3 Å². The van der Waals surface area contributed by atoms with Crippen LogP contribution in [0.15, 0.2) is 60.7 Å². The summed E-state index contributed by atoms with van der Waals surface area (Å²) in [4.78, 5) is 96.1. The molecule has 0 aliphatic carbocycles. The number of nitrogens with zero attached hydrogens (tertiary/aromatic N) is 3. The molecule has 2 aromatic rings. The molecule has 2 aliphatic heterocycles. The smallest absolute Gasteiger partial charge is 0.317 e. The first-order valence-corrected chi connectivity index (χ1v) is 18.0. The highest BCUT2D eigenvalue weighted by molar-refractivity contribution is 5.97. The third kappa shape index (κ3) is 12.4. The lowest BCUT2D eigenvalue weighted by molar-refractivity contribution is -0.147. The first kappa shape index (κ1) is 40.5. The van der Waals surface area contributed by atoms with E-state index in [1.54, 1.807) is 64.4 Å². The molecule has 0 aromatic heterocycles. The van der Waals surface area contributed by atoms with E-state index < -0.39 is 66.2 Å². The van der Waals surface area contributed by atoms with Crippen molar-refractivity contribution in [3.05, 3.63) is 71.8 Å². The summed E-state index contributed by atoms with van der Waals surface area (Å²) in [6.45, 7) is 5.27. The van der Waals surface area contributed by atoms with Crippen LogP contribution < -0.4 is 16.0 Å². The highest BCUT2D eigenvalue weighted by Crippen LogP contribution is 2.22. The van der Waals surface area contributed by atoms with Gasteiger partial charge in [-0.15, -0.1) is 0 Å². The van der Waals surface area contributed by atoms with Crippen molar-refractivity contribution in [2.24, 2.45) is 5.92 Å². The summed E-state index contributed by atoms with van der Waals surface area (Å²) < 4.78 is 0. The predicted octanol–water partition coefficient (Wildman–Crippen LogP) is 0.667. The molecule has 15 heteroatoms. The molecular formula is C38H50N6O9. The second kappa shape index (κ2) is 19.5. The number of carboxylic acids is 2. The predicted molar refractivity (Wildman–Crippen MR) is 193 cm³/mol. The molecule has 2 aromatic carbocycles. The summed E-state index contributed by atoms with van der Waals surface area (Å²) in [6.07, 6.45) is 0.466. The molecule has 4 rings (SSSR count). The van der Waals surface area contributed by atoms with Gasteiger partial charge in [0.05, 0.1) is 19.4 Å². The van der Waals surface area contributed by atoms with Crippen LogP contribution in [0.25, 0.3) is 0 Å². The van der Waals surface area contributed by atoms with E-state index in [4.69, 9.17) is 5.11 Å². The Morgan fingerprint density at radius 1 is 0.717 bits per heavy atom. The number of rotatable bonds is 17. The number of carboxylic acid groups (broad SMARTS) is 2. The molecule has 5 N–H and O–H groups in total. The fourth-order valence-corrected chi connectivity index (χ4v) is 6.72.